The van der Waals surface area contributed by atoms with Gasteiger partial charge in [0.15, 0.2) is 0 Å². The maximum atomic E-state index is 10.7. The molecule has 0 aliphatic rings. The monoisotopic (exact) mass is 448 g/mol. The van der Waals surface area contributed by atoms with Crippen molar-refractivity contribution in [1.29, 1.82) is 0 Å². The topological polar surface area (TPSA) is 80.3 Å². The fourth-order valence-corrected chi connectivity index (χ4v) is 4.06. The SMILES string of the molecule is C=CC(=O)OCCCC(C)(C)O[SiH3].C=CC(=O)OCCCC[SiH](OCC)OCC. The molecule has 0 saturated heterocycles. The summed E-state index contributed by atoms with van der Waals surface area (Å²) in [5.41, 5.74) is -0.0766. The van der Waals surface area contributed by atoms with Crippen LogP contribution in [-0.4, -0.2) is 63.7 Å². The summed E-state index contributed by atoms with van der Waals surface area (Å²) in [6.45, 7) is 17.0. The number of rotatable bonds is 16. The first-order chi connectivity index (χ1) is 13.8. The summed E-state index contributed by atoms with van der Waals surface area (Å²) in [5.74, 6) is -0.715. The molecule has 9 heteroatoms. The smallest absolute Gasteiger partial charge is 0.330 e. The summed E-state index contributed by atoms with van der Waals surface area (Å²) in [5, 5.41) is 0. The summed E-state index contributed by atoms with van der Waals surface area (Å²) in [6.07, 6.45) is 5.91. The number of carbonyl (C=O) groups is 2. The minimum Gasteiger partial charge on any atom is -0.463 e. The van der Waals surface area contributed by atoms with Crippen LogP contribution in [0.5, 0.6) is 0 Å². The van der Waals surface area contributed by atoms with Crippen molar-refractivity contribution in [2.75, 3.05) is 26.4 Å². The van der Waals surface area contributed by atoms with Gasteiger partial charge >= 0.3 is 21.2 Å². The van der Waals surface area contributed by atoms with E-state index < -0.39 is 9.28 Å². The molecule has 0 aromatic heterocycles. The third-order valence-corrected chi connectivity index (χ3v) is 7.23. The van der Waals surface area contributed by atoms with Crippen molar-refractivity contribution >= 4 is 31.7 Å². The summed E-state index contributed by atoms with van der Waals surface area (Å²) in [6, 6.07) is 0.966. The zero-order valence-electron chi connectivity index (χ0n) is 18.9. The van der Waals surface area contributed by atoms with Crippen LogP contribution in [0.1, 0.15) is 53.4 Å². The third kappa shape index (κ3) is 21.3. The first-order valence-electron chi connectivity index (χ1n) is 10.1. The van der Waals surface area contributed by atoms with E-state index in [9.17, 15) is 9.59 Å². The highest BCUT2D eigenvalue weighted by Crippen LogP contribution is 2.14. The van der Waals surface area contributed by atoms with Gasteiger partial charge in [0.05, 0.1) is 13.2 Å². The molecule has 0 bridgehead atoms. The highest BCUT2D eigenvalue weighted by Gasteiger charge is 2.14. The second-order valence-corrected chi connectivity index (χ2v) is 9.16. The molecule has 0 heterocycles. The van der Waals surface area contributed by atoms with Crippen LogP contribution in [0.25, 0.3) is 0 Å². The summed E-state index contributed by atoms with van der Waals surface area (Å²) in [7, 11) is -0.730. The first kappa shape index (κ1) is 29.9. The van der Waals surface area contributed by atoms with Crippen LogP contribution >= 0.6 is 0 Å². The van der Waals surface area contributed by atoms with Gasteiger partial charge in [-0.1, -0.05) is 13.2 Å². The predicted octanol–water partition coefficient (Wildman–Crippen LogP) is 2.36. The summed E-state index contributed by atoms with van der Waals surface area (Å²) >= 11 is 0. The Kier molecular flexibility index (Phi) is 20.7. The Morgan fingerprint density at radius 2 is 1.41 bits per heavy atom. The third-order valence-electron chi connectivity index (χ3n) is 3.84. The maximum Gasteiger partial charge on any atom is 0.330 e. The molecule has 0 aliphatic carbocycles. The van der Waals surface area contributed by atoms with Crippen LogP contribution in [0.2, 0.25) is 6.04 Å². The van der Waals surface area contributed by atoms with Gasteiger partial charge in [-0.05, 0) is 59.4 Å². The summed E-state index contributed by atoms with van der Waals surface area (Å²) in [4.78, 5) is 21.4. The van der Waals surface area contributed by atoms with Gasteiger partial charge < -0.3 is 22.8 Å². The number of carbonyl (C=O) groups excluding carboxylic acids is 2. The lowest BCUT2D eigenvalue weighted by molar-refractivity contribution is -0.138. The van der Waals surface area contributed by atoms with Crippen LogP contribution in [0.4, 0.5) is 0 Å². The number of unbranched alkanes of at least 4 members (excludes halogenated alkanes) is 1. The first-order valence-corrected chi connectivity index (χ1v) is 12.7. The Balaban J connectivity index is 0. The molecule has 0 aliphatic heterocycles. The van der Waals surface area contributed by atoms with Gasteiger partial charge in [-0.25, -0.2) is 9.59 Å². The van der Waals surface area contributed by atoms with Crippen molar-refractivity contribution in [2.24, 2.45) is 0 Å². The Hall–Kier alpha value is -1.27. The number of hydrogen-bond acceptors (Lipinski definition) is 7. The molecule has 7 nitrogen and oxygen atoms in total. The molecule has 0 radical (unpaired) electrons. The lowest BCUT2D eigenvalue weighted by Gasteiger charge is -2.23. The molecule has 0 N–H and O–H groups in total. The van der Waals surface area contributed by atoms with Crippen molar-refractivity contribution in [1.82, 2.24) is 0 Å². The Labute approximate surface area is 181 Å². The minimum atomic E-state index is -1.47. The van der Waals surface area contributed by atoms with E-state index in [4.69, 9.17) is 22.8 Å². The van der Waals surface area contributed by atoms with Gasteiger partial charge in [-0.2, -0.15) is 0 Å². The standard InChI is InChI=1S/C11H22O4Si.C9H18O3Si/c1-4-11(12)13-9-7-8-10-16(14-5-2)15-6-3;1-4-8(10)11-7-5-6-9(2,3)12-13/h4,16H,1,5-10H2,2-3H3;4H,1,5-7H2,2-3,13H3. The molecular formula is C20H40O7Si2. The van der Waals surface area contributed by atoms with E-state index in [-0.39, 0.29) is 17.5 Å². The van der Waals surface area contributed by atoms with Crippen LogP contribution in [0.15, 0.2) is 25.3 Å². The number of ether oxygens (including phenoxy) is 2. The summed E-state index contributed by atoms with van der Waals surface area (Å²) < 4.78 is 26.1. The van der Waals surface area contributed by atoms with Gasteiger partial charge in [-0.3, -0.25) is 0 Å². The van der Waals surface area contributed by atoms with Crippen molar-refractivity contribution in [3.63, 3.8) is 0 Å². The van der Waals surface area contributed by atoms with Crippen LogP contribution in [-0.2, 0) is 32.3 Å². The zero-order chi connectivity index (χ0) is 22.5. The molecule has 0 atom stereocenters. The molecule has 0 rings (SSSR count). The van der Waals surface area contributed by atoms with Gasteiger partial charge in [0.2, 0.25) is 0 Å². The van der Waals surface area contributed by atoms with E-state index in [1.165, 1.54) is 12.2 Å². The molecule has 0 fully saturated rings. The van der Waals surface area contributed by atoms with E-state index in [1.807, 2.05) is 27.7 Å². The molecule has 0 amide bonds. The lowest BCUT2D eigenvalue weighted by atomic mass is 10.0. The molecule has 29 heavy (non-hydrogen) atoms. The van der Waals surface area contributed by atoms with E-state index in [0.29, 0.717) is 26.4 Å². The minimum absolute atomic E-state index is 0.0766. The van der Waals surface area contributed by atoms with Crippen LogP contribution < -0.4 is 0 Å². The normalized spacial score (nSPS) is 10.8. The number of esters is 2. The molecular weight excluding hydrogens is 408 g/mol. The molecule has 170 valence electrons. The van der Waals surface area contributed by atoms with Crippen molar-refractivity contribution in [3.05, 3.63) is 25.3 Å². The molecule has 0 saturated carbocycles. The Bertz CT molecular complexity index is 450. The van der Waals surface area contributed by atoms with Crippen molar-refractivity contribution < 1.29 is 32.3 Å². The van der Waals surface area contributed by atoms with Gasteiger partial charge in [0.25, 0.3) is 0 Å². The number of hydrogen-bond donors (Lipinski definition) is 0. The molecule has 0 aromatic rings. The fourth-order valence-electron chi connectivity index (χ4n) is 2.06. The second kappa shape index (κ2) is 20.0. The van der Waals surface area contributed by atoms with Gasteiger partial charge in [0.1, 0.15) is 10.5 Å². The largest absolute Gasteiger partial charge is 0.463 e. The van der Waals surface area contributed by atoms with Crippen molar-refractivity contribution in [3.8, 4) is 0 Å². The average Bonchev–Trinajstić information content (AvgIpc) is 2.71. The quantitative estimate of drug-likeness (QED) is 0.155. The molecule has 0 aromatic carbocycles. The van der Waals surface area contributed by atoms with Crippen molar-refractivity contribution in [2.45, 2.75) is 65.0 Å². The van der Waals surface area contributed by atoms with Crippen LogP contribution in [0.3, 0.4) is 0 Å². The molecule has 0 unspecified atom stereocenters. The molecule has 0 spiro atoms. The second-order valence-electron chi connectivity index (χ2n) is 6.65. The fraction of sp³-hybridized carbons (Fsp3) is 0.700. The zero-order valence-corrected chi connectivity index (χ0v) is 22.0. The average molecular weight is 449 g/mol. The van der Waals surface area contributed by atoms with E-state index in [1.54, 1.807) is 0 Å². The van der Waals surface area contributed by atoms with Crippen LogP contribution in [0, 0.1) is 0 Å². The Morgan fingerprint density at radius 1 is 0.931 bits per heavy atom. The predicted molar refractivity (Wildman–Crippen MR) is 121 cm³/mol. The van der Waals surface area contributed by atoms with Gasteiger partial charge in [-0.15, -0.1) is 0 Å². The highest BCUT2D eigenvalue weighted by atomic mass is 28.3. The van der Waals surface area contributed by atoms with E-state index in [0.717, 1.165) is 42.2 Å². The highest BCUT2D eigenvalue weighted by molar-refractivity contribution is 6.44. The Morgan fingerprint density at radius 3 is 1.83 bits per heavy atom. The maximum absolute atomic E-state index is 10.7. The van der Waals surface area contributed by atoms with Gasteiger partial charge in [0, 0.05) is 31.0 Å². The van der Waals surface area contributed by atoms with E-state index >= 15 is 0 Å². The lowest BCUT2D eigenvalue weighted by Crippen LogP contribution is -2.23. The van der Waals surface area contributed by atoms with E-state index in [2.05, 4.69) is 13.2 Å².